The van der Waals surface area contributed by atoms with Gasteiger partial charge in [0, 0.05) is 19.3 Å². The third-order valence-electron chi connectivity index (χ3n) is 3.91. The van der Waals surface area contributed by atoms with Crippen LogP contribution < -0.4 is 4.90 Å². The van der Waals surface area contributed by atoms with Crippen LogP contribution in [0.3, 0.4) is 0 Å². The van der Waals surface area contributed by atoms with E-state index in [1.165, 1.54) is 16.8 Å². The Morgan fingerprint density at radius 2 is 2.09 bits per heavy atom. The summed E-state index contributed by atoms with van der Waals surface area (Å²) in [6, 6.07) is 8.51. The zero-order valence-electron chi connectivity index (χ0n) is 12.7. The van der Waals surface area contributed by atoms with Crippen molar-refractivity contribution in [1.82, 2.24) is 9.80 Å². The van der Waals surface area contributed by atoms with Crippen molar-refractivity contribution in [3.63, 3.8) is 0 Å². The molecule has 1 aromatic rings. The van der Waals surface area contributed by atoms with Crippen molar-refractivity contribution >= 4 is 17.8 Å². The Morgan fingerprint density at radius 1 is 1.35 bits per heavy atom. The number of rotatable bonds is 2. The number of morpholine rings is 1. The van der Waals surface area contributed by atoms with E-state index in [9.17, 15) is 14.0 Å². The average molecular weight is 323 g/mol. The highest BCUT2D eigenvalue weighted by Crippen LogP contribution is 2.23. The van der Waals surface area contributed by atoms with Gasteiger partial charge in [-0.1, -0.05) is 18.2 Å². The predicted molar refractivity (Wildman–Crippen MR) is 79.6 cm³/mol. The number of anilines is 1. The molecule has 0 aliphatic carbocycles. The van der Waals surface area contributed by atoms with Crippen LogP contribution in [-0.4, -0.2) is 67.8 Å². The molecule has 1 aromatic carbocycles. The molecule has 23 heavy (non-hydrogen) atoms. The summed E-state index contributed by atoms with van der Waals surface area (Å²) in [6.07, 6.45) is -2.77. The minimum atomic E-state index is -1.49. The van der Waals surface area contributed by atoms with Crippen LogP contribution in [0.5, 0.6) is 0 Å². The number of carbonyl (C=O) groups is 2. The van der Waals surface area contributed by atoms with E-state index in [-0.39, 0.29) is 19.7 Å². The average Bonchev–Trinajstić information content (AvgIpc) is 2.96. The summed E-state index contributed by atoms with van der Waals surface area (Å²) in [5.41, 5.74) is 0.690. The van der Waals surface area contributed by atoms with Gasteiger partial charge in [-0.05, 0) is 12.1 Å². The van der Waals surface area contributed by atoms with Crippen LogP contribution in [-0.2, 0) is 9.47 Å². The Hall–Kier alpha value is -2.35. The smallest absolute Gasteiger partial charge is 0.416 e. The van der Waals surface area contributed by atoms with E-state index in [0.29, 0.717) is 12.3 Å². The molecule has 8 heteroatoms. The molecule has 0 radical (unpaired) electrons. The van der Waals surface area contributed by atoms with Crippen molar-refractivity contribution in [2.45, 2.75) is 12.5 Å². The number of amides is 3. The first kappa shape index (κ1) is 15.5. The zero-order valence-corrected chi connectivity index (χ0v) is 12.7. The minimum Gasteiger partial charge on any atom is -0.423 e. The topological polar surface area (TPSA) is 62.3 Å². The highest BCUT2D eigenvalue weighted by Gasteiger charge is 2.39. The van der Waals surface area contributed by atoms with Crippen LogP contribution in [0.1, 0.15) is 0 Å². The number of nitrogens with zero attached hydrogens (tertiary/aromatic N) is 3. The Morgan fingerprint density at radius 3 is 2.78 bits per heavy atom. The molecule has 0 N–H and O–H groups in total. The highest BCUT2D eigenvalue weighted by molar-refractivity contribution is 5.90. The molecular formula is C15H18FN3O4. The number of cyclic esters (lactones) is 1. The first-order chi connectivity index (χ1) is 11.1. The van der Waals surface area contributed by atoms with E-state index in [1.54, 1.807) is 12.1 Å². The van der Waals surface area contributed by atoms with Gasteiger partial charge in [0.1, 0.15) is 0 Å². The van der Waals surface area contributed by atoms with Gasteiger partial charge >= 0.3 is 12.1 Å². The maximum absolute atomic E-state index is 13.8. The van der Waals surface area contributed by atoms with E-state index in [0.717, 1.165) is 4.90 Å². The highest BCUT2D eigenvalue weighted by atomic mass is 19.1. The van der Waals surface area contributed by atoms with Gasteiger partial charge in [-0.15, -0.1) is 0 Å². The van der Waals surface area contributed by atoms with Crippen molar-refractivity contribution in [2.24, 2.45) is 0 Å². The molecule has 0 spiro atoms. The number of halogens is 1. The number of likely N-dealkylation sites (N-methyl/N-ethyl adjacent to an activating group) is 1. The second-order valence-electron chi connectivity index (χ2n) is 5.38. The number of benzene rings is 1. The lowest BCUT2D eigenvalue weighted by atomic mass is 10.3. The lowest BCUT2D eigenvalue weighted by Gasteiger charge is -2.34. The molecule has 124 valence electrons. The van der Waals surface area contributed by atoms with Gasteiger partial charge in [-0.25, -0.2) is 14.0 Å². The lowest BCUT2D eigenvalue weighted by molar-refractivity contribution is -0.0537. The largest absolute Gasteiger partial charge is 0.423 e. The van der Waals surface area contributed by atoms with E-state index in [1.807, 2.05) is 18.2 Å². The summed E-state index contributed by atoms with van der Waals surface area (Å²) >= 11 is 0. The van der Waals surface area contributed by atoms with Crippen molar-refractivity contribution in [2.75, 3.05) is 38.3 Å². The van der Waals surface area contributed by atoms with Gasteiger partial charge in [0.25, 0.3) is 0 Å². The molecule has 2 unspecified atom stereocenters. The molecule has 3 rings (SSSR count). The number of alkyl halides is 1. The molecule has 2 fully saturated rings. The maximum atomic E-state index is 13.8. The Bertz CT molecular complexity index is 585. The zero-order chi connectivity index (χ0) is 16.4. The van der Waals surface area contributed by atoms with Crippen molar-refractivity contribution in [3.8, 4) is 0 Å². The van der Waals surface area contributed by atoms with Crippen LogP contribution in [0.4, 0.5) is 19.7 Å². The fourth-order valence-electron chi connectivity index (χ4n) is 2.58. The number of para-hydroxylation sites is 1. The SMILES string of the molecule is CN(C(=O)N1CCOCC1F)C1CN(c2ccccc2)C(=O)O1. The Kier molecular flexibility index (Phi) is 4.33. The summed E-state index contributed by atoms with van der Waals surface area (Å²) < 4.78 is 24.0. The number of ether oxygens (including phenoxy) is 2. The molecule has 0 bridgehead atoms. The van der Waals surface area contributed by atoms with Crippen molar-refractivity contribution in [3.05, 3.63) is 30.3 Å². The second-order valence-corrected chi connectivity index (χ2v) is 5.38. The van der Waals surface area contributed by atoms with E-state index in [4.69, 9.17) is 9.47 Å². The molecule has 0 saturated carbocycles. The predicted octanol–water partition coefficient (Wildman–Crippen LogP) is 1.65. The third-order valence-corrected chi connectivity index (χ3v) is 3.91. The number of urea groups is 1. The first-order valence-corrected chi connectivity index (χ1v) is 7.36. The van der Waals surface area contributed by atoms with Crippen molar-refractivity contribution in [1.29, 1.82) is 0 Å². The van der Waals surface area contributed by atoms with Crippen LogP contribution in [0, 0.1) is 0 Å². The van der Waals surface area contributed by atoms with E-state index in [2.05, 4.69) is 0 Å². The monoisotopic (exact) mass is 323 g/mol. The molecule has 2 aliphatic heterocycles. The summed E-state index contributed by atoms with van der Waals surface area (Å²) in [7, 11) is 1.50. The number of carbonyl (C=O) groups excluding carboxylic acids is 2. The second kappa shape index (κ2) is 6.41. The summed E-state index contributed by atoms with van der Waals surface area (Å²) in [6.45, 7) is 0.528. The molecule has 0 aromatic heterocycles. The maximum Gasteiger partial charge on any atom is 0.416 e. The normalized spacial score (nSPS) is 24.5. The van der Waals surface area contributed by atoms with Gasteiger partial charge in [0.05, 0.1) is 19.8 Å². The van der Waals surface area contributed by atoms with Crippen LogP contribution in [0.15, 0.2) is 30.3 Å². The van der Waals surface area contributed by atoms with Crippen LogP contribution in [0.2, 0.25) is 0 Å². The molecule has 2 atom stereocenters. The molecule has 2 saturated heterocycles. The first-order valence-electron chi connectivity index (χ1n) is 7.36. The molecule has 3 amide bonds. The van der Waals surface area contributed by atoms with Gasteiger partial charge in [-0.2, -0.15) is 0 Å². The molecule has 2 heterocycles. The number of hydrogen-bond acceptors (Lipinski definition) is 4. The van der Waals surface area contributed by atoms with Crippen LogP contribution >= 0.6 is 0 Å². The van der Waals surface area contributed by atoms with Crippen LogP contribution in [0.25, 0.3) is 0 Å². The van der Waals surface area contributed by atoms with Gasteiger partial charge in [0.15, 0.2) is 12.5 Å². The summed E-state index contributed by atoms with van der Waals surface area (Å²) in [4.78, 5) is 28.2. The minimum absolute atomic E-state index is 0.139. The fraction of sp³-hybridized carbons (Fsp3) is 0.467. The quantitative estimate of drug-likeness (QED) is 0.777. The summed E-state index contributed by atoms with van der Waals surface area (Å²) in [5, 5.41) is 0. The van der Waals surface area contributed by atoms with Gasteiger partial charge in [-0.3, -0.25) is 14.7 Å². The molecular weight excluding hydrogens is 305 g/mol. The lowest BCUT2D eigenvalue weighted by Crippen LogP contribution is -2.54. The van der Waals surface area contributed by atoms with E-state index >= 15 is 0 Å². The standard InChI is InChI=1S/C15H18FN3O4/c1-17(14(20)18-7-8-22-10-12(18)16)13-9-19(15(21)23-13)11-5-3-2-4-6-11/h2-6,12-13H,7-10H2,1H3. The molecule has 7 nitrogen and oxygen atoms in total. The molecule has 2 aliphatic rings. The number of hydrogen-bond donors (Lipinski definition) is 0. The fourth-order valence-corrected chi connectivity index (χ4v) is 2.58. The van der Waals surface area contributed by atoms with E-state index < -0.39 is 24.6 Å². The Labute approximate surface area is 133 Å². The third kappa shape index (κ3) is 3.07. The van der Waals surface area contributed by atoms with Gasteiger partial charge in [0.2, 0.25) is 0 Å². The summed E-state index contributed by atoms with van der Waals surface area (Å²) in [5.74, 6) is 0. The van der Waals surface area contributed by atoms with Gasteiger partial charge < -0.3 is 9.47 Å². The van der Waals surface area contributed by atoms with Crippen molar-refractivity contribution < 1.29 is 23.5 Å². The Balaban J connectivity index is 1.68.